The number of likely N-dealkylation sites (tertiary alicyclic amines) is 1. The molecule has 1 saturated heterocycles. The van der Waals surface area contributed by atoms with Crippen molar-refractivity contribution in [2.75, 3.05) is 41.0 Å². The number of carboxylic acid groups (broad SMARTS) is 1. The van der Waals surface area contributed by atoms with Crippen molar-refractivity contribution in [2.24, 2.45) is 5.73 Å². The number of nitrogens with one attached hydrogen (secondary N) is 1. The number of methoxy groups -OCH3 is 3. The molecule has 1 aliphatic rings. The number of carbonyl (C=O) groups is 4. The third-order valence-corrected chi connectivity index (χ3v) is 4.92. The second-order valence-electron chi connectivity index (χ2n) is 7.62. The van der Waals surface area contributed by atoms with Gasteiger partial charge in [-0.25, -0.2) is 9.59 Å². The van der Waals surface area contributed by atoms with E-state index in [1.807, 2.05) is 0 Å². The van der Waals surface area contributed by atoms with E-state index in [0.717, 1.165) is 0 Å². The number of carboxylic acids is 1. The van der Waals surface area contributed by atoms with E-state index in [1.54, 1.807) is 12.1 Å². The summed E-state index contributed by atoms with van der Waals surface area (Å²) < 4.78 is 57.5. The van der Waals surface area contributed by atoms with Gasteiger partial charge < -0.3 is 44.7 Å². The minimum Gasteiger partial charge on any atom is -0.493 e. The van der Waals surface area contributed by atoms with Crippen molar-refractivity contribution in [2.45, 2.75) is 38.3 Å². The molecule has 0 bridgehead atoms. The Balaban J connectivity index is 0.000000905. The highest BCUT2D eigenvalue weighted by Crippen LogP contribution is 2.38. The van der Waals surface area contributed by atoms with Crippen LogP contribution in [0.4, 0.5) is 18.0 Å². The number of piperidine rings is 1. The van der Waals surface area contributed by atoms with Crippen molar-refractivity contribution in [3.63, 3.8) is 0 Å². The molecular weight excluding hydrogens is 523 g/mol. The van der Waals surface area contributed by atoms with Crippen molar-refractivity contribution in [1.82, 2.24) is 10.2 Å². The van der Waals surface area contributed by atoms with Gasteiger partial charge in [-0.05, 0) is 25.0 Å². The monoisotopic (exact) mass is 553 g/mol. The van der Waals surface area contributed by atoms with Crippen molar-refractivity contribution < 1.29 is 61.1 Å². The zero-order valence-corrected chi connectivity index (χ0v) is 21.1. The Bertz CT molecular complexity index is 965. The Kier molecular flexibility index (Phi) is 12.4. The fourth-order valence-corrected chi connectivity index (χ4v) is 3.22. The average molecular weight is 553 g/mol. The summed E-state index contributed by atoms with van der Waals surface area (Å²) in [6.45, 7) is 1.85. The summed E-state index contributed by atoms with van der Waals surface area (Å²) in [7, 11) is 4.42. The van der Waals surface area contributed by atoms with Crippen LogP contribution in [0.25, 0.3) is 0 Å². The van der Waals surface area contributed by atoms with Crippen LogP contribution in [-0.2, 0) is 19.1 Å². The zero-order valence-electron chi connectivity index (χ0n) is 21.1. The minimum absolute atomic E-state index is 0.257. The van der Waals surface area contributed by atoms with Gasteiger partial charge in [-0.1, -0.05) is 0 Å². The maximum Gasteiger partial charge on any atom is 0.490 e. The number of hydrogen-bond acceptors (Lipinski definition) is 10. The number of halogens is 3. The van der Waals surface area contributed by atoms with Crippen molar-refractivity contribution in [3.8, 4) is 17.2 Å². The molecule has 0 aliphatic carbocycles. The normalized spacial score (nSPS) is 15.7. The van der Waals surface area contributed by atoms with Crippen molar-refractivity contribution >= 4 is 23.9 Å². The van der Waals surface area contributed by atoms with Gasteiger partial charge in [-0.15, -0.1) is 0 Å². The molecule has 1 aromatic carbocycles. The Morgan fingerprint density at radius 2 is 1.66 bits per heavy atom. The van der Waals surface area contributed by atoms with E-state index in [9.17, 15) is 27.6 Å². The topological polar surface area (TPSA) is 176 Å². The van der Waals surface area contributed by atoms with E-state index in [0.29, 0.717) is 42.2 Å². The number of alkyl halides is 3. The number of esters is 1. The predicted octanol–water partition coefficient (Wildman–Crippen LogP) is 1.52. The molecule has 1 aromatic rings. The number of nitrogens with two attached hydrogens (primary N) is 1. The molecule has 38 heavy (non-hydrogen) atoms. The molecule has 4 N–H and O–H groups in total. The largest absolute Gasteiger partial charge is 0.493 e. The number of benzene rings is 1. The molecule has 2 unspecified atom stereocenters. The van der Waals surface area contributed by atoms with Gasteiger partial charge in [0.15, 0.2) is 11.5 Å². The average Bonchev–Trinajstić information content (AvgIpc) is 2.87. The van der Waals surface area contributed by atoms with E-state index >= 15 is 0 Å². The minimum atomic E-state index is -5.08. The molecule has 1 fully saturated rings. The molecule has 2 rings (SSSR count). The van der Waals surface area contributed by atoms with Crippen LogP contribution >= 0.6 is 0 Å². The number of carbonyl (C=O) groups excluding carboxylic acids is 3. The summed E-state index contributed by atoms with van der Waals surface area (Å²) >= 11 is 0. The van der Waals surface area contributed by atoms with Crippen LogP contribution in [0.1, 0.15) is 30.1 Å². The molecule has 2 amide bonds. The molecule has 13 nitrogen and oxygen atoms in total. The molecule has 0 spiro atoms. The van der Waals surface area contributed by atoms with Crippen LogP contribution < -0.4 is 25.3 Å². The Labute approximate surface area is 215 Å². The van der Waals surface area contributed by atoms with E-state index in [4.69, 9.17) is 39.3 Å². The van der Waals surface area contributed by atoms with Gasteiger partial charge in [0.1, 0.15) is 0 Å². The van der Waals surface area contributed by atoms with Crippen LogP contribution in [0, 0.1) is 0 Å². The fraction of sp³-hybridized carbons (Fsp3) is 0.545. The standard InChI is InChI=1S/C20H29N3O8.C2HF3O2/c1-12(30-17(24)10-21)31-20(26)23-7-5-6-14(11-23)22-19(25)13-8-15(27-2)18(29-4)16(9-13)28-3;3-2(4,5)1(6)7/h8-9,12,14H,5-7,10-11,21H2,1-4H3,(H,22,25);(H,6,7). The van der Waals surface area contributed by atoms with Crippen LogP contribution in [0.15, 0.2) is 12.1 Å². The third-order valence-electron chi connectivity index (χ3n) is 4.92. The first-order valence-electron chi connectivity index (χ1n) is 11.0. The first-order chi connectivity index (χ1) is 17.8. The summed E-state index contributed by atoms with van der Waals surface area (Å²) in [5.74, 6) is -2.66. The van der Waals surface area contributed by atoms with E-state index < -0.39 is 30.5 Å². The molecule has 1 heterocycles. The summed E-state index contributed by atoms with van der Waals surface area (Å²) in [4.78, 5) is 46.7. The summed E-state index contributed by atoms with van der Waals surface area (Å²) in [6, 6.07) is 2.83. The lowest BCUT2D eigenvalue weighted by molar-refractivity contribution is -0.192. The Morgan fingerprint density at radius 1 is 1.11 bits per heavy atom. The molecule has 1 aliphatic heterocycles. The first-order valence-corrected chi connectivity index (χ1v) is 11.0. The van der Waals surface area contributed by atoms with Gasteiger partial charge in [0, 0.05) is 31.6 Å². The summed E-state index contributed by atoms with van der Waals surface area (Å²) in [5, 5.41) is 10.0. The van der Waals surface area contributed by atoms with Crippen molar-refractivity contribution in [3.05, 3.63) is 17.7 Å². The van der Waals surface area contributed by atoms with Gasteiger partial charge in [-0.2, -0.15) is 13.2 Å². The highest BCUT2D eigenvalue weighted by Gasteiger charge is 2.38. The van der Waals surface area contributed by atoms with Crippen LogP contribution in [-0.4, -0.2) is 93.4 Å². The lowest BCUT2D eigenvalue weighted by atomic mass is 10.1. The summed E-state index contributed by atoms with van der Waals surface area (Å²) in [5.41, 5.74) is 5.50. The number of hydrogen-bond donors (Lipinski definition) is 3. The van der Waals surface area contributed by atoms with E-state index in [2.05, 4.69) is 5.32 Å². The molecule has 0 saturated carbocycles. The number of aliphatic carboxylic acids is 1. The van der Waals surface area contributed by atoms with Crippen LogP contribution in [0.3, 0.4) is 0 Å². The van der Waals surface area contributed by atoms with Gasteiger partial charge in [0.25, 0.3) is 5.91 Å². The highest BCUT2D eigenvalue weighted by molar-refractivity contribution is 5.96. The lowest BCUT2D eigenvalue weighted by Crippen LogP contribution is -2.50. The van der Waals surface area contributed by atoms with Gasteiger partial charge in [-0.3, -0.25) is 9.59 Å². The zero-order chi connectivity index (χ0) is 29.0. The molecule has 16 heteroatoms. The second-order valence-corrected chi connectivity index (χ2v) is 7.62. The number of amides is 2. The fourth-order valence-electron chi connectivity index (χ4n) is 3.22. The number of rotatable bonds is 8. The Hall–Kier alpha value is -3.95. The molecule has 0 aromatic heterocycles. The number of nitrogens with zero attached hydrogens (tertiary/aromatic N) is 1. The highest BCUT2D eigenvalue weighted by atomic mass is 19.4. The maximum atomic E-state index is 12.8. The Morgan fingerprint density at radius 3 is 2.11 bits per heavy atom. The van der Waals surface area contributed by atoms with E-state index in [1.165, 1.54) is 33.2 Å². The lowest BCUT2D eigenvalue weighted by Gasteiger charge is -2.33. The summed E-state index contributed by atoms with van der Waals surface area (Å²) in [6.07, 6.45) is -5.41. The predicted molar refractivity (Wildman–Crippen MR) is 123 cm³/mol. The second kappa shape index (κ2) is 14.7. The number of ether oxygens (including phenoxy) is 5. The van der Waals surface area contributed by atoms with Gasteiger partial charge in [0.05, 0.1) is 27.9 Å². The SMILES string of the molecule is COc1cc(C(=O)NC2CCCN(C(=O)OC(C)OC(=O)CN)C2)cc(OC)c1OC.O=C(O)C(F)(F)F. The van der Waals surface area contributed by atoms with Crippen LogP contribution in [0.5, 0.6) is 17.2 Å². The van der Waals surface area contributed by atoms with Gasteiger partial charge >= 0.3 is 24.2 Å². The molecule has 0 radical (unpaired) electrons. The maximum absolute atomic E-state index is 12.8. The quantitative estimate of drug-likeness (QED) is 0.314. The van der Waals surface area contributed by atoms with E-state index in [-0.39, 0.29) is 25.0 Å². The van der Waals surface area contributed by atoms with Crippen LogP contribution in [0.2, 0.25) is 0 Å². The molecule has 214 valence electrons. The first kappa shape index (κ1) is 32.1. The molecule has 2 atom stereocenters. The van der Waals surface area contributed by atoms with Gasteiger partial charge in [0.2, 0.25) is 12.0 Å². The third kappa shape index (κ3) is 9.84. The smallest absolute Gasteiger partial charge is 0.490 e. The van der Waals surface area contributed by atoms with Crippen molar-refractivity contribution in [1.29, 1.82) is 0 Å². The molecular formula is C22H30F3N3O10.